The maximum atomic E-state index is 14.2. The zero-order valence-electron chi connectivity index (χ0n) is 21.6. The number of hydrogen-bond acceptors (Lipinski definition) is 7. The third-order valence-corrected chi connectivity index (χ3v) is 7.82. The van der Waals surface area contributed by atoms with Gasteiger partial charge in [-0.1, -0.05) is 32.4 Å². The van der Waals surface area contributed by atoms with Gasteiger partial charge in [0.15, 0.2) is 17.5 Å². The number of halogens is 2. The Morgan fingerprint density at radius 1 is 0.974 bits per heavy atom. The first-order valence-corrected chi connectivity index (χ1v) is 13.2. The summed E-state index contributed by atoms with van der Waals surface area (Å²) in [5.41, 5.74) is 3.35. The van der Waals surface area contributed by atoms with E-state index >= 15 is 0 Å². The van der Waals surface area contributed by atoms with E-state index in [1.807, 2.05) is 24.4 Å². The molecule has 2 fully saturated rings. The second-order valence-electron chi connectivity index (χ2n) is 11.0. The van der Waals surface area contributed by atoms with Gasteiger partial charge in [-0.3, -0.25) is 4.98 Å². The van der Waals surface area contributed by atoms with Crippen LogP contribution in [0.15, 0.2) is 48.8 Å². The molecule has 7 nitrogen and oxygen atoms in total. The van der Waals surface area contributed by atoms with Gasteiger partial charge in [-0.05, 0) is 67.0 Å². The number of aromatic nitrogens is 4. The predicted octanol–water partition coefficient (Wildman–Crippen LogP) is 6.18. The zero-order valence-corrected chi connectivity index (χ0v) is 21.6. The first kappa shape index (κ1) is 24.6. The van der Waals surface area contributed by atoms with Gasteiger partial charge in [0.25, 0.3) is 0 Å². The minimum absolute atomic E-state index is 0.0468. The fourth-order valence-corrected chi connectivity index (χ4v) is 5.35. The van der Waals surface area contributed by atoms with Gasteiger partial charge in [-0.2, -0.15) is 9.37 Å². The molecule has 0 bridgehead atoms. The van der Waals surface area contributed by atoms with Gasteiger partial charge < -0.3 is 16.0 Å². The van der Waals surface area contributed by atoms with Crippen molar-refractivity contribution in [1.82, 2.24) is 25.3 Å². The van der Waals surface area contributed by atoms with E-state index in [9.17, 15) is 8.78 Å². The number of pyridine rings is 2. The Balaban J connectivity index is 1.42. The number of rotatable bonds is 6. The molecular formula is C29H31F2N7. The van der Waals surface area contributed by atoms with E-state index in [0.717, 1.165) is 66.8 Å². The molecule has 1 aromatic carbocycles. The highest BCUT2D eigenvalue weighted by Gasteiger charge is 2.33. The second-order valence-corrected chi connectivity index (χ2v) is 11.0. The average molecular weight is 516 g/mol. The highest BCUT2D eigenvalue weighted by Crippen LogP contribution is 2.42. The first-order chi connectivity index (χ1) is 18.4. The molecule has 6 rings (SSSR count). The first-order valence-electron chi connectivity index (χ1n) is 13.2. The van der Waals surface area contributed by atoms with E-state index in [2.05, 4.69) is 39.8 Å². The molecule has 9 heteroatoms. The molecule has 0 unspecified atom stereocenters. The summed E-state index contributed by atoms with van der Waals surface area (Å²) in [5.74, 6) is 0.273. The molecule has 196 valence electrons. The van der Waals surface area contributed by atoms with Crippen LogP contribution in [-0.4, -0.2) is 39.1 Å². The zero-order chi connectivity index (χ0) is 26.3. The lowest BCUT2D eigenvalue weighted by Crippen LogP contribution is -2.49. The molecule has 1 saturated carbocycles. The Morgan fingerprint density at radius 3 is 2.63 bits per heavy atom. The van der Waals surface area contributed by atoms with Crippen LogP contribution in [0.5, 0.6) is 0 Å². The normalized spacial score (nSPS) is 19.2. The van der Waals surface area contributed by atoms with Crippen LogP contribution in [0.25, 0.3) is 22.3 Å². The van der Waals surface area contributed by atoms with Crippen LogP contribution < -0.4 is 16.0 Å². The number of piperidine rings is 1. The van der Waals surface area contributed by atoms with E-state index in [0.29, 0.717) is 17.4 Å². The summed E-state index contributed by atoms with van der Waals surface area (Å²) in [4.78, 5) is 18.1. The number of nitrogens with zero attached hydrogens (tertiary/aromatic N) is 4. The third kappa shape index (κ3) is 4.78. The average Bonchev–Trinajstić information content (AvgIpc) is 2.86. The van der Waals surface area contributed by atoms with Gasteiger partial charge in [0, 0.05) is 35.4 Å². The van der Waals surface area contributed by atoms with Crippen LogP contribution in [0.4, 0.5) is 26.1 Å². The number of fused-ring (bicyclic) bond motifs is 1. The highest BCUT2D eigenvalue weighted by molar-refractivity contribution is 5.93. The predicted molar refractivity (Wildman–Crippen MR) is 145 cm³/mol. The fourth-order valence-electron chi connectivity index (χ4n) is 5.35. The lowest BCUT2D eigenvalue weighted by Gasteiger charge is -2.40. The van der Waals surface area contributed by atoms with E-state index in [1.54, 1.807) is 12.3 Å². The summed E-state index contributed by atoms with van der Waals surface area (Å²) >= 11 is 0. The van der Waals surface area contributed by atoms with Crippen molar-refractivity contribution in [3.8, 4) is 11.4 Å². The topological polar surface area (TPSA) is 87.7 Å². The van der Waals surface area contributed by atoms with Crippen LogP contribution >= 0.6 is 0 Å². The van der Waals surface area contributed by atoms with Crippen molar-refractivity contribution in [2.24, 2.45) is 5.41 Å². The molecule has 0 amide bonds. The molecule has 0 radical (unpaired) electrons. The van der Waals surface area contributed by atoms with Gasteiger partial charge in [-0.25, -0.2) is 14.4 Å². The third-order valence-electron chi connectivity index (χ3n) is 7.82. The molecular weight excluding hydrogens is 484 g/mol. The Bertz CT molecular complexity index is 1490. The Hall–Kier alpha value is -3.72. The molecule has 1 atom stereocenters. The van der Waals surface area contributed by atoms with Crippen molar-refractivity contribution in [2.75, 3.05) is 23.7 Å². The number of hydrogen-bond donors (Lipinski definition) is 3. The van der Waals surface area contributed by atoms with Crippen molar-refractivity contribution >= 4 is 28.2 Å². The smallest absolute Gasteiger partial charge is 0.214 e. The van der Waals surface area contributed by atoms with E-state index < -0.39 is 11.8 Å². The number of anilines is 3. The van der Waals surface area contributed by atoms with Crippen LogP contribution in [0, 0.1) is 17.2 Å². The molecule has 2 aliphatic rings. The molecule has 1 aliphatic carbocycles. The molecule has 4 aromatic rings. The molecule has 4 heterocycles. The van der Waals surface area contributed by atoms with Crippen molar-refractivity contribution in [1.29, 1.82) is 0 Å². The number of benzene rings is 1. The molecule has 0 spiro atoms. The molecule has 1 saturated heterocycles. The monoisotopic (exact) mass is 515 g/mol. The van der Waals surface area contributed by atoms with E-state index in [4.69, 9.17) is 9.97 Å². The van der Waals surface area contributed by atoms with Crippen LogP contribution in [-0.2, 0) is 0 Å². The summed E-state index contributed by atoms with van der Waals surface area (Å²) in [6.07, 6.45) is 8.29. The van der Waals surface area contributed by atoms with E-state index in [1.165, 1.54) is 12.0 Å². The van der Waals surface area contributed by atoms with Crippen molar-refractivity contribution in [3.05, 3.63) is 66.1 Å². The quantitative estimate of drug-likeness (QED) is 0.265. The Kier molecular flexibility index (Phi) is 6.39. The maximum absolute atomic E-state index is 14.2. The van der Waals surface area contributed by atoms with Crippen LogP contribution in [0.3, 0.4) is 0 Å². The standard InChI is InChI=1S/C29H31F2N7/c1-29(2)16-32-12-11-23(29)36-28-25-20(17-5-3-6-17)14-33-15-22(25)35-26(38-28)18-7-4-8-19(13-18)34-27-21(30)9-10-24(31)37-27/h4,7-10,13-15,17,23,32H,3,5-6,11-12,16H2,1-2H3,(H,34,37)(H,35,36,38)/t23-/m0/s1. The Morgan fingerprint density at radius 2 is 1.84 bits per heavy atom. The highest BCUT2D eigenvalue weighted by atomic mass is 19.1. The Labute approximate surface area is 220 Å². The second kappa shape index (κ2) is 9.87. The van der Waals surface area contributed by atoms with Gasteiger partial charge >= 0.3 is 0 Å². The SMILES string of the molecule is CC1(C)CNCC[C@@H]1Nc1nc(-c2cccc(Nc3nc(F)ccc3F)c2)nc2cncc(C3CCC3)c12. The minimum atomic E-state index is -0.755. The van der Waals surface area contributed by atoms with Crippen molar-refractivity contribution in [3.63, 3.8) is 0 Å². The van der Waals surface area contributed by atoms with Gasteiger partial charge in [0.1, 0.15) is 5.82 Å². The fraction of sp³-hybridized carbons (Fsp3) is 0.379. The summed E-state index contributed by atoms with van der Waals surface area (Å²) in [7, 11) is 0. The van der Waals surface area contributed by atoms with Gasteiger partial charge in [0.2, 0.25) is 5.95 Å². The molecule has 38 heavy (non-hydrogen) atoms. The summed E-state index contributed by atoms with van der Waals surface area (Å²) in [6.45, 7) is 6.41. The van der Waals surface area contributed by atoms with Crippen molar-refractivity contribution < 1.29 is 8.78 Å². The van der Waals surface area contributed by atoms with Crippen LogP contribution in [0.2, 0.25) is 0 Å². The summed E-state index contributed by atoms with van der Waals surface area (Å²) in [6, 6.07) is 9.60. The minimum Gasteiger partial charge on any atom is -0.366 e. The lowest BCUT2D eigenvalue weighted by atomic mass is 9.78. The number of nitrogens with one attached hydrogen (secondary N) is 3. The van der Waals surface area contributed by atoms with Gasteiger partial charge in [0.05, 0.1) is 11.7 Å². The lowest BCUT2D eigenvalue weighted by molar-refractivity contribution is 0.236. The summed E-state index contributed by atoms with van der Waals surface area (Å²) < 4.78 is 27.8. The largest absolute Gasteiger partial charge is 0.366 e. The van der Waals surface area contributed by atoms with E-state index in [-0.39, 0.29) is 17.3 Å². The molecule has 3 N–H and O–H groups in total. The summed E-state index contributed by atoms with van der Waals surface area (Å²) in [5, 5.41) is 11.2. The maximum Gasteiger partial charge on any atom is 0.214 e. The van der Waals surface area contributed by atoms with Crippen LogP contribution in [0.1, 0.15) is 51.0 Å². The molecule has 1 aliphatic heterocycles. The molecule has 3 aromatic heterocycles. The van der Waals surface area contributed by atoms with Gasteiger partial charge in [-0.15, -0.1) is 0 Å². The van der Waals surface area contributed by atoms with Crippen molar-refractivity contribution in [2.45, 2.75) is 51.5 Å².